The number of para-hydroxylation sites is 2. The van der Waals surface area contributed by atoms with Gasteiger partial charge in [0.2, 0.25) is 0 Å². The molecule has 216 valence electrons. The van der Waals surface area contributed by atoms with Crippen LogP contribution in [0, 0.1) is 0 Å². The molecule has 0 bridgehead atoms. The van der Waals surface area contributed by atoms with Crippen molar-refractivity contribution in [2.75, 3.05) is 0 Å². The van der Waals surface area contributed by atoms with E-state index in [9.17, 15) is 2.74 Å². The van der Waals surface area contributed by atoms with Crippen molar-refractivity contribution in [2.24, 2.45) is 0 Å². The second-order valence-electron chi connectivity index (χ2n) is 11.0. The topological polar surface area (TPSA) is 13.1 Å². The fourth-order valence-electron chi connectivity index (χ4n) is 6.42. The van der Waals surface area contributed by atoms with Crippen molar-refractivity contribution in [3.8, 4) is 33.4 Å². The summed E-state index contributed by atoms with van der Waals surface area (Å²) in [5.74, 6) is 0. The van der Waals surface area contributed by atoms with Gasteiger partial charge < -0.3 is 4.42 Å². The third-order valence-electron chi connectivity index (χ3n) is 8.48. The zero-order valence-electron chi connectivity index (χ0n) is 37.3. The van der Waals surface area contributed by atoms with E-state index in [4.69, 9.17) is 19.5 Å². The minimum Gasteiger partial charge on any atom is -0.455 e. The van der Waals surface area contributed by atoms with Crippen LogP contribution in [-0.2, 0) is 6.42 Å². The molecule has 0 fully saturated rings. The number of hydrogen-bond acceptors (Lipinski definition) is 1. The highest BCUT2D eigenvalue weighted by molar-refractivity contribution is 6.16. The van der Waals surface area contributed by atoms with Crippen LogP contribution in [0.1, 0.15) is 28.9 Å². The van der Waals surface area contributed by atoms with E-state index in [1.54, 1.807) is 12.1 Å². The maximum atomic E-state index is 9.21. The van der Waals surface area contributed by atoms with Crippen molar-refractivity contribution >= 4 is 43.5 Å². The summed E-state index contributed by atoms with van der Waals surface area (Å²) in [6.07, 6.45) is -0.486. The van der Waals surface area contributed by atoms with Gasteiger partial charge in [0, 0.05) is 21.9 Å². The van der Waals surface area contributed by atoms with Crippen molar-refractivity contribution < 1.29 is 22.2 Å². The first kappa shape index (κ1) is 16.4. The molecular weight excluding hydrogens is 556 g/mol. The quantitative estimate of drug-likeness (QED) is 0.179. The van der Waals surface area contributed by atoms with Gasteiger partial charge in [0.1, 0.15) is 11.2 Å². The molecule has 1 aromatic heterocycles. The predicted molar refractivity (Wildman–Crippen MR) is 194 cm³/mol. The number of rotatable bonds is 5. The summed E-state index contributed by atoms with van der Waals surface area (Å²) in [4.78, 5) is 0. The zero-order chi connectivity index (χ0) is 41.8. The van der Waals surface area contributed by atoms with E-state index in [0.717, 1.165) is 38.6 Å². The molecule has 1 heterocycles. The first-order chi connectivity index (χ1) is 28.2. The molecule has 46 heavy (non-hydrogen) atoms. The van der Waals surface area contributed by atoms with Crippen LogP contribution in [-0.4, -0.2) is 0 Å². The van der Waals surface area contributed by atoms with E-state index in [-0.39, 0.29) is 38.2 Å². The summed E-state index contributed by atoms with van der Waals surface area (Å²) >= 11 is 0. The van der Waals surface area contributed by atoms with Crippen molar-refractivity contribution in [1.29, 1.82) is 0 Å². The number of hydrogen-bond donors (Lipinski definition) is 0. The van der Waals surface area contributed by atoms with Crippen LogP contribution >= 0.6 is 0 Å². The molecule has 9 aromatic rings. The molecule has 8 aromatic carbocycles. The van der Waals surface area contributed by atoms with Crippen molar-refractivity contribution in [1.82, 2.24) is 0 Å². The second-order valence-corrected chi connectivity index (χ2v) is 11.0. The highest BCUT2D eigenvalue weighted by atomic mass is 16.3. The normalized spacial score (nSPS) is 15.5. The molecule has 0 spiro atoms. The number of furan rings is 1. The molecule has 0 N–H and O–H groups in total. The average Bonchev–Trinajstić information content (AvgIpc) is 3.65. The van der Waals surface area contributed by atoms with Gasteiger partial charge in [-0.15, -0.1) is 0 Å². The monoisotopic (exact) mass is 599 g/mol. The first-order valence-corrected chi connectivity index (χ1v) is 14.8. The lowest BCUT2D eigenvalue weighted by atomic mass is 9.86. The van der Waals surface area contributed by atoms with Crippen molar-refractivity contribution in [3.63, 3.8) is 0 Å². The van der Waals surface area contributed by atoms with E-state index in [1.807, 2.05) is 78.9 Å². The third kappa shape index (κ3) is 4.32. The van der Waals surface area contributed by atoms with Crippen molar-refractivity contribution in [3.05, 3.63) is 181 Å². The number of fused-ring (bicyclic) bond motifs is 5. The fourth-order valence-corrected chi connectivity index (χ4v) is 6.42. The summed E-state index contributed by atoms with van der Waals surface area (Å²) < 4.78 is 120. The molecule has 9 rings (SSSR count). The zero-order valence-corrected chi connectivity index (χ0v) is 24.3. The van der Waals surface area contributed by atoms with Crippen LogP contribution in [0.2, 0.25) is 0 Å². The maximum Gasteiger partial charge on any atom is 0.143 e. The Morgan fingerprint density at radius 2 is 0.913 bits per heavy atom. The van der Waals surface area contributed by atoms with Gasteiger partial charge in [-0.1, -0.05) is 170 Å². The van der Waals surface area contributed by atoms with E-state index >= 15 is 0 Å². The summed E-state index contributed by atoms with van der Waals surface area (Å²) in [5.41, 5.74) is 5.24. The molecule has 0 radical (unpaired) electrons. The third-order valence-corrected chi connectivity index (χ3v) is 8.48. The molecule has 0 saturated heterocycles. The van der Waals surface area contributed by atoms with Crippen molar-refractivity contribution in [2.45, 2.75) is 6.42 Å². The van der Waals surface area contributed by atoms with E-state index < -0.39 is 85.0 Å². The summed E-state index contributed by atoms with van der Waals surface area (Å²) in [7, 11) is 0. The largest absolute Gasteiger partial charge is 0.455 e. The van der Waals surface area contributed by atoms with Crippen LogP contribution in [0.5, 0.6) is 0 Å². The molecule has 0 amide bonds. The minimum absolute atomic E-state index is 0.0145. The maximum absolute atomic E-state index is 9.21. The van der Waals surface area contributed by atoms with Crippen LogP contribution in [0.3, 0.4) is 0 Å². The predicted octanol–water partition coefficient (Wildman–Crippen LogP) is 12.5. The summed E-state index contributed by atoms with van der Waals surface area (Å²) in [5, 5.41) is 1.64. The van der Waals surface area contributed by atoms with Gasteiger partial charge >= 0.3 is 0 Å². The lowest BCUT2D eigenvalue weighted by Gasteiger charge is -2.18. The van der Waals surface area contributed by atoms with Gasteiger partial charge in [-0.2, -0.15) is 0 Å². The molecule has 0 atom stereocenters. The Morgan fingerprint density at radius 3 is 1.50 bits per heavy atom. The average molecular weight is 600 g/mol. The molecule has 0 aliphatic rings. The minimum atomic E-state index is -0.616. The first-order valence-electron chi connectivity index (χ1n) is 21.3. The molecule has 1 heteroatoms. The van der Waals surface area contributed by atoms with Gasteiger partial charge in [0.05, 0.1) is 17.8 Å². The highest BCUT2D eigenvalue weighted by Gasteiger charge is 2.18. The Morgan fingerprint density at radius 1 is 0.413 bits per heavy atom. The second kappa shape index (κ2) is 10.9. The van der Waals surface area contributed by atoms with Crippen LogP contribution in [0.4, 0.5) is 0 Å². The Labute approximate surface area is 286 Å². The standard InChI is InChI=1S/C45H30O/c1-3-13-30(14-4-1)29-42-36-17-7-9-19-38(36)43(39-20-10-8-18-37(39)42)33-27-25-32(26-28-33)35-22-12-24-41-40-23-11-21-34(44(40)46-45(35)41)31-15-5-2-6-16-31/h1-28H,29H2/i1D,3D,4D,7D,8D,9D,10D,13D,14D,17D,18D,19D,20D. The van der Waals surface area contributed by atoms with E-state index in [1.165, 1.54) is 0 Å². The summed E-state index contributed by atoms with van der Waals surface area (Å²) in [6, 6.07) is 21.8. The Bertz CT molecular complexity index is 3160. The Hall–Kier alpha value is -5.92. The highest BCUT2D eigenvalue weighted by Crippen LogP contribution is 2.42. The fraction of sp³-hybridized carbons (Fsp3) is 0.0222. The lowest BCUT2D eigenvalue weighted by Crippen LogP contribution is -1.95. The van der Waals surface area contributed by atoms with Gasteiger partial charge in [0.15, 0.2) is 0 Å². The van der Waals surface area contributed by atoms with Crippen LogP contribution < -0.4 is 0 Å². The molecule has 0 aliphatic heterocycles. The molecule has 0 aliphatic carbocycles. The lowest BCUT2D eigenvalue weighted by molar-refractivity contribution is 0.671. The van der Waals surface area contributed by atoms with Gasteiger partial charge in [-0.05, 0) is 61.3 Å². The Kier molecular flexibility index (Phi) is 3.89. The molecular formula is C45H30O. The van der Waals surface area contributed by atoms with Crippen LogP contribution in [0.25, 0.3) is 76.9 Å². The summed E-state index contributed by atoms with van der Waals surface area (Å²) in [6.45, 7) is 0. The van der Waals surface area contributed by atoms with Gasteiger partial charge in [-0.25, -0.2) is 0 Å². The van der Waals surface area contributed by atoms with Gasteiger partial charge in [0.25, 0.3) is 0 Å². The van der Waals surface area contributed by atoms with Gasteiger partial charge in [-0.3, -0.25) is 0 Å². The molecule has 1 nitrogen and oxygen atoms in total. The van der Waals surface area contributed by atoms with E-state index in [2.05, 4.69) is 0 Å². The molecule has 0 saturated carbocycles. The SMILES string of the molecule is [2H]c1c([2H])c([2H])c(Cc2c3c([2H])c([2H])c([2H])c([2H])c3c(-c3ccc(-c4cccc5c4oc4c(-c6ccccc6)cccc45)cc3)c3c([2H])c([2H])c([2H])c([2H])c23)c([2H])c1[2H]. The number of benzene rings is 8. The Balaban J connectivity index is 1.33. The van der Waals surface area contributed by atoms with E-state index in [0.29, 0.717) is 11.1 Å². The smallest absolute Gasteiger partial charge is 0.143 e. The molecule has 0 unspecified atom stereocenters. The van der Waals surface area contributed by atoms with Crippen LogP contribution in [0.15, 0.2) is 174 Å².